The minimum Gasteiger partial charge on any atom is -0.350 e. The maximum atomic E-state index is 12.3. The fraction of sp³-hybridized carbons (Fsp3) is 0.263. The molecule has 1 aromatic heterocycles. The number of rotatable bonds is 4. The average Bonchev–Trinajstić information content (AvgIpc) is 2.83. The van der Waals surface area contributed by atoms with Gasteiger partial charge in [-0.05, 0) is 44.5 Å². The molecule has 118 valence electrons. The zero-order chi connectivity index (χ0) is 16.4. The molecule has 0 aliphatic rings. The normalized spacial score (nSPS) is 10.9. The predicted octanol–water partition coefficient (Wildman–Crippen LogP) is 3.39. The number of fused-ring (bicyclic) bond motifs is 1. The van der Waals surface area contributed by atoms with E-state index >= 15 is 0 Å². The Labute approximate surface area is 136 Å². The lowest BCUT2D eigenvalue weighted by atomic mass is 10.1. The van der Waals surface area contributed by atoms with Crippen molar-refractivity contribution in [1.82, 2.24) is 14.9 Å². The molecule has 23 heavy (non-hydrogen) atoms. The van der Waals surface area contributed by atoms with E-state index in [2.05, 4.69) is 20.9 Å². The van der Waals surface area contributed by atoms with E-state index in [-0.39, 0.29) is 5.91 Å². The van der Waals surface area contributed by atoms with Gasteiger partial charge < -0.3 is 9.88 Å². The molecule has 2 aromatic carbocycles. The highest BCUT2D eigenvalue weighted by atomic mass is 16.1. The Hall–Kier alpha value is -2.62. The van der Waals surface area contributed by atoms with Crippen LogP contribution in [0.5, 0.6) is 0 Å². The molecule has 0 fully saturated rings. The first-order chi connectivity index (χ1) is 11.1. The fourth-order valence-electron chi connectivity index (χ4n) is 2.92. The van der Waals surface area contributed by atoms with Crippen molar-refractivity contribution < 1.29 is 4.79 Å². The molecule has 0 saturated carbocycles. The van der Waals surface area contributed by atoms with Crippen molar-refractivity contribution in [3.05, 3.63) is 65.0 Å². The Morgan fingerprint density at radius 2 is 1.91 bits per heavy atom. The van der Waals surface area contributed by atoms with Crippen molar-refractivity contribution in [3.63, 3.8) is 0 Å². The Balaban J connectivity index is 1.69. The summed E-state index contributed by atoms with van der Waals surface area (Å²) in [6, 6.07) is 13.9. The highest BCUT2D eigenvalue weighted by molar-refractivity contribution is 5.95. The van der Waals surface area contributed by atoms with E-state index in [1.807, 2.05) is 57.2 Å². The maximum Gasteiger partial charge on any atom is 0.251 e. The zero-order valence-corrected chi connectivity index (χ0v) is 13.8. The maximum absolute atomic E-state index is 12.3. The molecule has 4 heteroatoms. The summed E-state index contributed by atoms with van der Waals surface area (Å²) in [4.78, 5) is 16.9. The second-order valence-corrected chi connectivity index (χ2v) is 5.87. The summed E-state index contributed by atoms with van der Waals surface area (Å²) in [5, 5.41) is 3.00. The smallest absolute Gasteiger partial charge is 0.251 e. The molecule has 0 aliphatic carbocycles. The van der Waals surface area contributed by atoms with Crippen molar-refractivity contribution >= 4 is 16.9 Å². The van der Waals surface area contributed by atoms with Crippen LogP contribution in [-0.4, -0.2) is 22.0 Å². The summed E-state index contributed by atoms with van der Waals surface area (Å²) in [6.45, 7) is 7.28. The Kier molecular flexibility index (Phi) is 4.15. The molecule has 0 aliphatic heterocycles. The molecule has 0 unspecified atom stereocenters. The van der Waals surface area contributed by atoms with Gasteiger partial charge in [-0.25, -0.2) is 4.98 Å². The molecule has 0 saturated heterocycles. The van der Waals surface area contributed by atoms with E-state index in [9.17, 15) is 4.79 Å². The van der Waals surface area contributed by atoms with Crippen LogP contribution < -0.4 is 5.32 Å². The van der Waals surface area contributed by atoms with Gasteiger partial charge in [0.05, 0.1) is 11.0 Å². The zero-order valence-electron chi connectivity index (χ0n) is 13.8. The highest BCUT2D eigenvalue weighted by Gasteiger charge is 2.10. The van der Waals surface area contributed by atoms with Crippen molar-refractivity contribution in [1.29, 1.82) is 0 Å². The van der Waals surface area contributed by atoms with E-state index < -0.39 is 0 Å². The standard InChI is InChI=1S/C19H21N3O/c1-13-8-9-16(14(2)12-13)19(23)20-10-11-22-15(3)21-17-6-4-5-7-18(17)22/h4-9,12H,10-11H2,1-3H3,(H,20,23). The lowest BCUT2D eigenvalue weighted by Crippen LogP contribution is -2.28. The Morgan fingerprint density at radius 1 is 1.13 bits per heavy atom. The Bertz CT molecular complexity index is 864. The number of aryl methyl sites for hydroxylation is 3. The number of carbonyl (C=O) groups excluding carboxylic acids is 1. The van der Waals surface area contributed by atoms with Crippen LogP contribution in [0.1, 0.15) is 27.3 Å². The summed E-state index contributed by atoms with van der Waals surface area (Å²) in [5.41, 5.74) is 5.01. The van der Waals surface area contributed by atoms with Gasteiger partial charge in [0.2, 0.25) is 0 Å². The summed E-state index contributed by atoms with van der Waals surface area (Å²) >= 11 is 0. The van der Waals surface area contributed by atoms with Crippen molar-refractivity contribution in [2.24, 2.45) is 0 Å². The van der Waals surface area contributed by atoms with Gasteiger partial charge in [-0.3, -0.25) is 4.79 Å². The number of amides is 1. The van der Waals surface area contributed by atoms with Crippen LogP contribution in [0.4, 0.5) is 0 Å². The molecule has 4 nitrogen and oxygen atoms in total. The molecule has 3 aromatic rings. The fourth-order valence-corrected chi connectivity index (χ4v) is 2.92. The molecule has 1 N–H and O–H groups in total. The number of para-hydroxylation sites is 2. The van der Waals surface area contributed by atoms with Crippen molar-refractivity contribution in [2.75, 3.05) is 6.54 Å². The summed E-state index contributed by atoms with van der Waals surface area (Å²) in [6.07, 6.45) is 0. The van der Waals surface area contributed by atoms with Gasteiger partial charge in [-0.2, -0.15) is 0 Å². The van der Waals surface area contributed by atoms with E-state index in [1.165, 1.54) is 5.56 Å². The van der Waals surface area contributed by atoms with Crippen LogP contribution in [0.25, 0.3) is 11.0 Å². The van der Waals surface area contributed by atoms with Crippen LogP contribution in [0.3, 0.4) is 0 Å². The predicted molar refractivity (Wildman–Crippen MR) is 92.7 cm³/mol. The quantitative estimate of drug-likeness (QED) is 0.803. The lowest BCUT2D eigenvalue weighted by Gasteiger charge is -2.10. The van der Waals surface area contributed by atoms with Crippen LogP contribution in [0.15, 0.2) is 42.5 Å². The summed E-state index contributed by atoms with van der Waals surface area (Å²) < 4.78 is 2.14. The lowest BCUT2D eigenvalue weighted by molar-refractivity contribution is 0.0951. The van der Waals surface area contributed by atoms with Gasteiger partial charge in [0.25, 0.3) is 5.91 Å². The number of aromatic nitrogens is 2. The molecule has 0 spiro atoms. The number of benzene rings is 2. The summed E-state index contributed by atoms with van der Waals surface area (Å²) in [5.74, 6) is 0.941. The van der Waals surface area contributed by atoms with E-state index in [4.69, 9.17) is 0 Å². The number of hydrogen-bond acceptors (Lipinski definition) is 2. The number of nitrogens with zero attached hydrogens (tertiary/aromatic N) is 2. The monoisotopic (exact) mass is 307 g/mol. The average molecular weight is 307 g/mol. The SMILES string of the molecule is Cc1ccc(C(=O)NCCn2c(C)nc3ccccc32)c(C)c1. The first kappa shape index (κ1) is 15.3. The van der Waals surface area contributed by atoms with Crippen LogP contribution in [0, 0.1) is 20.8 Å². The van der Waals surface area contributed by atoms with Gasteiger partial charge >= 0.3 is 0 Å². The van der Waals surface area contributed by atoms with Crippen LogP contribution in [-0.2, 0) is 6.54 Å². The molecular weight excluding hydrogens is 286 g/mol. The number of hydrogen-bond donors (Lipinski definition) is 1. The minimum atomic E-state index is -0.0235. The number of imidazole rings is 1. The molecule has 3 rings (SSSR count). The van der Waals surface area contributed by atoms with Crippen molar-refractivity contribution in [2.45, 2.75) is 27.3 Å². The third kappa shape index (κ3) is 3.11. The third-order valence-electron chi connectivity index (χ3n) is 4.09. The molecule has 0 atom stereocenters. The molecule has 1 heterocycles. The molecule has 1 amide bonds. The van der Waals surface area contributed by atoms with Crippen LogP contribution in [0.2, 0.25) is 0 Å². The van der Waals surface area contributed by atoms with Gasteiger partial charge in [0, 0.05) is 18.7 Å². The first-order valence-corrected chi connectivity index (χ1v) is 7.83. The number of nitrogens with one attached hydrogen (secondary N) is 1. The number of carbonyl (C=O) groups is 1. The van der Waals surface area contributed by atoms with Crippen LogP contribution >= 0.6 is 0 Å². The second kappa shape index (κ2) is 6.24. The van der Waals surface area contributed by atoms with E-state index in [0.29, 0.717) is 13.1 Å². The topological polar surface area (TPSA) is 46.9 Å². The third-order valence-corrected chi connectivity index (χ3v) is 4.09. The van der Waals surface area contributed by atoms with Gasteiger partial charge in [-0.15, -0.1) is 0 Å². The first-order valence-electron chi connectivity index (χ1n) is 7.83. The van der Waals surface area contributed by atoms with E-state index in [0.717, 1.165) is 28.0 Å². The van der Waals surface area contributed by atoms with Gasteiger partial charge in [0.1, 0.15) is 5.82 Å². The second-order valence-electron chi connectivity index (χ2n) is 5.87. The summed E-state index contributed by atoms with van der Waals surface area (Å²) in [7, 11) is 0. The van der Waals surface area contributed by atoms with E-state index in [1.54, 1.807) is 0 Å². The molecule has 0 radical (unpaired) electrons. The Morgan fingerprint density at radius 3 is 2.70 bits per heavy atom. The molecule has 0 bridgehead atoms. The van der Waals surface area contributed by atoms with Gasteiger partial charge in [-0.1, -0.05) is 29.8 Å². The molecular formula is C19H21N3O. The minimum absolute atomic E-state index is 0.0235. The van der Waals surface area contributed by atoms with Crippen molar-refractivity contribution in [3.8, 4) is 0 Å². The largest absolute Gasteiger partial charge is 0.350 e. The van der Waals surface area contributed by atoms with Gasteiger partial charge in [0.15, 0.2) is 0 Å². The highest BCUT2D eigenvalue weighted by Crippen LogP contribution is 2.15.